The van der Waals surface area contributed by atoms with Crippen molar-refractivity contribution in [2.45, 2.75) is 31.6 Å². The van der Waals surface area contributed by atoms with Crippen LogP contribution in [-0.2, 0) is 22.9 Å². The fourth-order valence-electron chi connectivity index (χ4n) is 2.25. The minimum atomic E-state index is -3.72. The highest BCUT2D eigenvalue weighted by Gasteiger charge is 2.18. The molecular weight excluding hydrogens is 314 g/mol. The number of carbonyl (C=O) groups is 1. The second-order valence-corrected chi connectivity index (χ2v) is 6.79. The molecular formula is C17H19NO4S. The summed E-state index contributed by atoms with van der Waals surface area (Å²) >= 11 is 0. The number of carboxylic acid groups (broad SMARTS) is 1. The lowest BCUT2D eigenvalue weighted by atomic mass is 10.1. The van der Waals surface area contributed by atoms with E-state index in [1.807, 2.05) is 26.0 Å². The summed E-state index contributed by atoms with van der Waals surface area (Å²) in [5, 5.41) is 8.87. The molecule has 2 aromatic carbocycles. The largest absolute Gasteiger partial charge is 0.478 e. The summed E-state index contributed by atoms with van der Waals surface area (Å²) < 4.78 is 27.8. The average molecular weight is 333 g/mol. The smallest absolute Gasteiger partial charge is 0.335 e. The van der Waals surface area contributed by atoms with E-state index in [0.29, 0.717) is 12.1 Å². The van der Waals surface area contributed by atoms with Crippen LogP contribution in [0.1, 0.15) is 35.3 Å². The predicted octanol–water partition coefficient (Wildman–Crippen LogP) is 3.31. The molecule has 0 atom stereocenters. The van der Waals surface area contributed by atoms with Crippen LogP contribution < -0.4 is 4.72 Å². The standard InChI is InChI=1S/C17H19NO4S/c1-3-12-5-6-13(4-2)16(11-12)23(21,22)18-15-9-7-14(8-10-15)17(19)20/h5-11,18H,3-4H2,1-2H3,(H,19,20). The van der Waals surface area contributed by atoms with Crippen LogP contribution in [0.3, 0.4) is 0 Å². The van der Waals surface area contributed by atoms with E-state index in [-0.39, 0.29) is 10.5 Å². The van der Waals surface area contributed by atoms with Gasteiger partial charge >= 0.3 is 5.97 Å². The van der Waals surface area contributed by atoms with Crippen LogP contribution in [0.5, 0.6) is 0 Å². The number of carboxylic acids is 1. The van der Waals surface area contributed by atoms with E-state index in [9.17, 15) is 13.2 Å². The van der Waals surface area contributed by atoms with E-state index >= 15 is 0 Å². The highest BCUT2D eigenvalue weighted by atomic mass is 32.2. The molecule has 0 aliphatic carbocycles. The van der Waals surface area contributed by atoms with Gasteiger partial charge in [-0.05, 0) is 54.3 Å². The van der Waals surface area contributed by atoms with Gasteiger partial charge in [0.25, 0.3) is 10.0 Å². The van der Waals surface area contributed by atoms with E-state index in [0.717, 1.165) is 17.5 Å². The van der Waals surface area contributed by atoms with Gasteiger partial charge in [0.1, 0.15) is 0 Å². The molecule has 0 spiro atoms. The number of benzene rings is 2. The fraction of sp³-hybridized carbons (Fsp3) is 0.235. The lowest BCUT2D eigenvalue weighted by Gasteiger charge is -2.13. The maximum Gasteiger partial charge on any atom is 0.335 e. The van der Waals surface area contributed by atoms with Crippen molar-refractivity contribution in [1.29, 1.82) is 0 Å². The van der Waals surface area contributed by atoms with Crippen LogP contribution in [0, 0.1) is 0 Å². The third-order valence-corrected chi connectivity index (χ3v) is 5.06. The molecule has 0 radical (unpaired) electrons. The van der Waals surface area contributed by atoms with E-state index in [1.54, 1.807) is 6.07 Å². The number of anilines is 1. The minimum absolute atomic E-state index is 0.107. The molecule has 2 N–H and O–H groups in total. The summed E-state index contributed by atoms with van der Waals surface area (Å²) in [4.78, 5) is 11.1. The first kappa shape index (κ1) is 17.0. The molecule has 0 saturated heterocycles. The monoisotopic (exact) mass is 333 g/mol. The van der Waals surface area contributed by atoms with Gasteiger partial charge in [-0.2, -0.15) is 0 Å². The number of aromatic carboxylic acids is 1. The van der Waals surface area contributed by atoms with Gasteiger partial charge in [-0.3, -0.25) is 4.72 Å². The Balaban J connectivity index is 2.36. The molecule has 6 heteroatoms. The number of hydrogen-bond acceptors (Lipinski definition) is 3. The molecule has 122 valence electrons. The summed E-state index contributed by atoms with van der Waals surface area (Å²) in [5.41, 5.74) is 2.13. The summed E-state index contributed by atoms with van der Waals surface area (Å²) in [7, 11) is -3.72. The molecule has 0 aliphatic rings. The van der Waals surface area contributed by atoms with Crippen molar-refractivity contribution in [1.82, 2.24) is 0 Å². The molecule has 0 saturated carbocycles. The van der Waals surface area contributed by atoms with Gasteiger partial charge in [-0.15, -0.1) is 0 Å². The Morgan fingerprint density at radius 2 is 1.70 bits per heavy atom. The third kappa shape index (κ3) is 3.90. The Hall–Kier alpha value is -2.34. The van der Waals surface area contributed by atoms with Crippen molar-refractivity contribution in [3.8, 4) is 0 Å². The van der Waals surface area contributed by atoms with Crippen molar-refractivity contribution in [3.63, 3.8) is 0 Å². The van der Waals surface area contributed by atoms with Crippen molar-refractivity contribution in [2.75, 3.05) is 4.72 Å². The zero-order chi connectivity index (χ0) is 17.0. The van der Waals surface area contributed by atoms with Crippen LogP contribution in [0.2, 0.25) is 0 Å². The Morgan fingerprint density at radius 3 is 2.22 bits per heavy atom. The third-order valence-electron chi connectivity index (χ3n) is 3.59. The van der Waals surface area contributed by atoms with Crippen molar-refractivity contribution in [2.24, 2.45) is 0 Å². The van der Waals surface area contributed by atoms with Gasteiger partial charge in [0, 0.05) is 5.69 Å². The van der Waals surface area contributed by atoms with Gasteiger partial charge in [0.15, 0.2) is 0 Å². The second kappa shape index (κ2) is 6.83. The van der Waals surface area contributed by atoms with E-state index < -0.39 is 16.0 Å². The minimum Gasteiger partial charge on any atom is -0.478 e. The van der Waals surface area contributed by atoms with Crippen LogP contribution in [0.25, 0.3) is 0 Å². The second-order valence-electron chi connectivity index (χ2n) is 5.14. The van der Waals surface area contributed by atoms with Gasteiger partial charge in [0.05, 0.1) is 10.5 Å². The summed E-state index contributed by atoms with van der Waals surface area (Å²) in [6.07, 6.45) is 1.36. The summed E-state index contributed by atoms with van der Waals surface area (Å²) in [6, 6.07) is 11.1. The van der Waals surface area contributed by atoms with Crippen molar-refractivity contribution < 1.29 is 18.3 Å². The first-order valence-corrected chi connectivity index (χ1v) is 8.83. The van der Waals surface area contributed by atoms with Crippen LogP contribution in [-0.4, -0.2) is 19.5 Å². The highest BCUT2D eigenvalue weighted by Crippen LogP contribution is 2.22. The highest BCUT2D eigenvalue weighted by molar-refractivity contribution is 7.92. The first-order valence-electron chi connectivity index (χ1n) is 7.35. The lowest BCUT2D eigenvalue weighted by molar-refractivity contribution is 0.0697. The summed E-state index contributed by atoms with van der Waals surface area (Å²) in [5.74, 6) is -1.05. The normalized spacial score (nSPS) is 11.2. The van der Waals surface area contributed by atoms with Crippen LogP contribution >= 0.6 is 0 Å². The molecule has 0 unspecified atom stereocenters. The molecule has 23 heavy (non-hydrogen) atoms. The number of hydrogen-bond donors (Lipinski definition) is 2. The van der Waals surface area contributed by atoms with Gasteiger partial charge < -0.3 is 5.11 Å². The van der Waals surface area contributed by atoms with Crippen molar-refractivity contribution >= 4 is 21.7 Å². The first-order chi connectivity index (χ1) is 10.9. The molecule has 0 aromatic heterocycles. The molecule has 2 rings (SSSR count). The Morgan fingerprint density at radius 1 is 1.04 bits per heavy atom. The van der Waals surface area contributed by atoms with Crippen molar-refractivity contribution in [3.05, 3.63) is 59.2 Å². The molecule has 0 amide bonds. The van der Waals surface area contributed by atoms with E-state index in [2.05, 4.69) is 4.72 Å². The SMILES string of the molecule is CCc1ccc(CC)c(S(=O)(=O)Nc2ccc(C(=O)O)cc2)c1. The Kier molecular flexibility index (Phi) is 5.05. The van der Waals surface area contributed by atoms with E-state index in [4.69, 9.17) is 5.11 Å². The molecule has 0 bridgehead atoms. The predicted molar refractivity (Wildman–Crippen MR) is 89.4 cm³/mol. The fourth-order valence-corrected chi connectivity index (χ4v) is 3.67. The molecule has 0 heterocycles. The lowest BCUT2D eigenvalue weighted by Crippen LogP contribution is -2.15. The maximum absolute atomic E-state index is 12.6. The average Bonchev–Trinajstić information content (AvgIpc) is 2.54. The summed E-state index contributed by atoms with van der Waals surface area (Å²) in [6.45, 7) is 3.87. The van der Waals surface area contributed by atoms with E-state index in [1.165, 1.54) is 24.3 Å². The number of aryl methyl sites for hydroxylation is 2. The molecule has 5 nitrogen and oxygen atoms in total. The molecule has 2 aromatic rings. The van der Waals surface area contributed by atoms with Gasteiger partial charge in [-0.1, -0.05) is 26.0 Å². The Labute approximate surface area is 136 Å². The molecule has 0 fully saturated rings. The van der Waals surface area contributed by atoms with Crippen LogP contribution in [0.15, 0.2) is 47.4 Å². The maximum atomic E-state index is 12.6. The quantitative estimate of drug-likeness (QED) is 0.849. The zero-order valence-corrected chi connectivity index (χ0v) is 13.9. The number of nitrogens with one attached hydrogen (secondary N) is 1. The van der Waals surface area contributed by atoms with Gasteiger partial charge in [-0.25, -0.2) is 13.2 Å². The number of rotatable bonds is 6. The van der Waals surface area contributed by atoms with Crippen LogP contribution in [0.4, 0.5) is 5.69 Å². The zero-order valence-electron chi connectivity index (χ0n) is 13.0. The number of sulfonamides is 1. The topological polar surface area (TPSA) is 83.5 Å². The Bertz CT molecular complexity index is 811. The van der Waals surface area contributed by atoms with Gasteiger partial charge in [0.2, 0.25) is 0 Å². The molecule has 0 aliphatic heterocycles.